The maximum Gasteiger partial charge on any atom is 0.113 e. The summed E-state index contributed by atoms with van der Waals surface area (Å²) in [6, 6.07) is 11.9. The molecule has 0 aliphatic carbocycles. The first-order chi connectivity index (χ1) is 17.7. The summed E-state index contributed by atoms with van der Waals surface area (Å²) in [4.78, 5) is 17.7. The average Bonchev–Trinajstić information content (AvgIpc) is 3.19. The molecule has 4 aliphatic rings. The van der Waals surface area contributed by atoms with E-state index >= 15 is 0 Å². The van der Waals surface area contributed by atoms with Crippen molar-refractivity contribution >= 4 is 35.7 Å². The molecule has 0 fully saturated rings. The molecule has 0 spiro atoms. The van der Waals surface area contributed by atoms with Crippen LogP contribution in [0.1, 0.15) is 33.9 Å². The molecule has 7 heteroatoms. The zero-order valence-electron chi connectivity index (χ0n) is 19.4. The first-order valence-corrected chi connectivity index (χ1v) is 11.4. The van der Waals surface area contributed by atoms with Crippen LogP contribution in [-0.4, -0.2) is 34.9 Å². The van der Waals surface area contributed by atoms with Crippen molar-refractivity contribution in [2.75, 3.05) is 0 Å². The van der Waals surface area contributed by atoms with Crippen LogP contribution in [0, 0.1) is 0 Å². The highest BCUT2D eigenvalue weighted by Crippen LogP contribution is 2.33. The van der Waals surface area contributed by atoms with Gasteiger partial charge in [-0.25, -0.2) is 0 Å². The summed E-state index contributed by atoms with van der Waals surface area (Å²) >= 11 is 0. The highest BCUT2D eigenvalue weighted by atomic mass is 15.1. The highest BCUT2D eigenvalue weighted by molar-refractivity contribution is 5.89. The maximum atomic E-state index is 4.67. The van der Waals surface area contributed by atoms with Gasteiger partial charge in [0, 0.05) is 53.9 Å². The van der Waals surface area contributed by atoms with E-state index in [4.69, 9.17) is 0 Å². The molecule has 2 aromatic rings. The van der Waals surface area contributed by atoms with Gasteiger partial charge in [0.1, 0.15) is 5.69 Å². The molecule has 7 nitrogen and oxygen atoms in total. The van der Waals surface area contributed by atoms with Crippen molar-refractivity contribution < 1.29 is 0 Å². The number of fused-ring (bicyclic) bond motifs is 3. The standard InChI is InChI=1S/C29H21N7/c1-3-35-15-11-20-7-5-13-30-28(20)26(35)17-22-9-10-23-24(33-34-25(23)19-32-22)18-27-29-21(8-6-14-31-29)12-16-36(27)4-2/h3-19H,1-2H2/b26-17+,27-18+. The minimum atomic E-state index is 0.701. The lowest BCUT2D eigenvalue weighted by molar-refractivity contribution is 0.722. The minimum absolute atomic E-state index is 0.701. The smallest absolute Gasteiger partial charge is 0.113 e. The van der Waals surface area contributed by atoms with E-state index in [2.05, 4.69) is 38.3 Å². The van der Waals surface area contributed by atoms with Gasteiger partial charge in [-0.05, 0) is 48.6 Å². The first kappa shape index (κ1) is 21.4. The second kappa shape index (κ2) is 8.88. The molecule has 0 unspecified atom stereocenters. The molecule has 6 heterocycles. The van der Waals surface area contributed by atoms with Crippen LogP contribution in [-0.2, 0) is 0 Å². The fourth-order valence-corrected chi connectivity index (χ4v) is 4.28. The van der Waals surface area contributed by atoms with Crippen molar-refractivity contribution in [2.45, 2.75) is 0 Å². The number of rotatable bonds is 4. The van der Waals surface area contributed by atoms with Gasteiger partial charge in [0.2, 0.25) is 0 Å². The minimum Gasteiger partial charge on any atom is -0.322 e. The summed E-state index contributed by atoms with van der Waals surface area (Å²) in [7, 11) is 0. The third-order valence-electron chi connectivity index (χ3n) is 6.07. The van der Waals surface area contributed by atoms with Crippen LogP contribution < -0.4 is 0 Å². The van der Waals surface area contributed by atoms with Gasteiger partial charge in [-0.1, -0.05) is 25.3 Å². The van der Waals surface area contributed by atoms with Crippen LogP contribution in [0.5, 0.6) is 0 Å². The Labute approximate surface area is 208 Å². The van der Waals surface area contributed by atoms with E-state index in [9.17, 15) is 0 Å². The van der Waals surface area contributed by atoms with Crippen LogP contribution >= 0.6 is 0 Å². The molecule has 36 heavy (non-hydrogen) atoms. The zero-order chi connectivity index (χ0) is 24.5. The zero-order valence-corrected chi connectivity index (χ0v) is 19.4. The summed E-state index contributed by atoms with van der Waals surface area (Å²) < 4.78 is 0. The Morgan fingerprint density at radius 3 is 1.97 bits per heavy atom. The molecule has 0 radical (unpaired) electrons. The van der Waals surface area contributed by atoms with Gasteiger partial charge < -0.3 is 9.80 Å². The van der Waals surface area contributed by atoms with Crippen molar-refractivity contribution in [1.29, 1.82) is 0 Å². The second-order valence-electron chi connectivity index (χ2n) is 8.15. The third kappa shape index (κ3) is 3.69. The van der Waals surface area contributed by atoms with Gasteiger partial charge in [-0.3, -0.25) is 15.0 Å². The quantitative estimate of drug-likeness (QED) is 0.386. The SMILES string of the molecule is C=CN1C=Cc2cccnc2/C1=C\c1ccc2c(/C=C3\c4ncccc4C=CN3C=C)nnc-2cn1. The lowest BCUT2D eigenvalue weighted by Gasteiger charge is -2.24. The summed E-state index contributed by atoms with van der Waals surface area (Å²) in [5.41, 5.74) is 8.68. The van der Waals surface area contributed by atoms with Gasteiger partial charge in [0.25, 0.3) is 0 Å². The fraction of sp³-hybridized carbons (Fsp3) is 0. The van der Waals surface area contributed by atoms with Gasteiger partial charge in [0.15, 0.2) is 0 Å². The number of aromatic nitrogens is 5. The van der Waals surface area contributed by atoms with Crippen LogP contribution in [0.2, 0.25) is 0 Å². The molecular formula is C29H21N7. The first-order valence-electron chi connectivity index (χ1n) is 11.4. The Balaban J connectivity index is 1.43. The lowest BCUT2D eigenvalue weighted by atomic mass is 10.0. The molecule has 0 bridgehead atoms. The van der Waals surface area contributed by atoms with E-state index in [-0.39, 0.29) is 0 Å². The molecular weight excluding hydrogens is 446 g/mol. The van der Waals surface area contributed by atoms with Gasteiger partial charge in [0.05, 0.1) is 40.4 Å². The summed E-state index contributed by atoms with van der Waals surface area (Å²) in [6.45, 7) is 7.87. The average molecular weight is 468 g/mol. The monoisotopic (exact) mass is 467 g/mol. The lowest BCUT2D eigenvalue weighted by Crippen LogP contribution is -2.13. The Bertz CT molecular complexity index is 1590. The van der Waals surface area contributed by atoms with Crippen LogP contribution in [0.15, 0.2) is 92.9 Å². The van der Waals surface area contributed by atoms with Crippen LogP contribution in [0.4, 0.5) is 0 Å². The fourth-order valence-electron chi connectivity index (χ4n) is 4.28. The molecule has 0 saturated heterocycles. The number of hydrogen-bond acceptors (Lipinski definition) is 7. The Kier molecular flexibility index (Phi) is 5.27. The Morgan fingerprint density at radius 1 is 0.694 bits per heavy atom. The van der Waals surface area contributed by atoms with Crippen molar-refractivity contribution in [3.63, 3.8) is 0 Å². The number of hydrogen-bond donors (Lipinski definition) is 0. The van der Waals surface area contributed by atoms with Gasteiger partial charge >= 0.3 is 0 Å². The molecule has 172 valence electrons. The largest absolute Gasteiger partial charge is 0.322 e. The predicted octanol–water partition coefficient (Wildman–Crippen LogP) is 5.62. The van der Waals surface area contributed by atoms with E-state index in [1.165, 1.54) is 0 Å². The topological polar surface area (TPSA) is 70.9 Å². The molecule has 2 aromatic heterocycles. The van der Waals surface area contributed by atoms with Crippen LogP contribution in [0.25, 0.3) is 47.0 Å². The molecule has 0 N–H and O–H groups in total. The summed E-state index contributed by atoms with van der Waals surface area (Å²) in [6.07, 6.45) is 20.8. The van der Waals surface area contributed by atoms with Crippen molar-refractivity contribution in [3.05, 3.63) is 127 Å². The van der Waals surface area contributed by atoms with E-state index in [0.29, 0.717) is 5.69 Å². The van der Waals surface area contributed by atoms with Crippen molar-refractivity contribution in [3.8, 4) is 11.3 Å². The Morgan fingerprint density at radius 2 is 1.33 bits per heavy atom. The normalized spacial score (nSPS) is 16.3. The molecule has 0 atom stereocenters. The van der Waals surface area contributed by atoms with E-state index in [0.717, 1.165) is 50.9 Å². The molecule has 4 aliphatic heterocycles. The van der Waals surface area contributed by atoms with E-state index < -0.39 is 0 Å². The molecule has 0 saturated carbocycles. The van der Waals surface area contributed by atoms with Crippen molar-refractivity contribution in [2.24, 2.45) is 0 Å². The highest BCUT2D eigenvalue weighted by Gasteiger charge is 2.20. The number of nitrogens with zero attached hydrogens (tertiary/aromatic N) is 7. The summed E-state index contributed by atoms with van der Waals surface area (Å²) in [5, 5.41) is 8.80. The molecule has 0 aromatic carbocycles. The molecule has 6 rings (SSSR count). The Hall–Kier alpha value is -5.17. The van der Waals surface area contributed by atoms with Gasteiger partial charge in [-0.2, -0.15) is 0 Å². The van der Waals surface area contributed by atoms with Gasteiger partial charge in [-0.15, -0.1) is 10.2 Å². The second-order valence-corrected chi connectivity index (χ2v) is 8.15. The maximum absolute atomic E-state index is 4.67. The molecule has 0 amide bonds. The predicted molar refractivity (Wildman–Crippen MR) is 143 cm³/mol. The summed E-state index contributed by atoms with van der Waals surface area (Å²) in [5.74, 6) is 0. The van der Waals surface area contributed by atoms with Crippen molar-refractivity contribution in [1.82, 2.24) is 34.9 Å². The van der Waals surface area contributed by atoms with E-state index in [1.54, 1.807) is 31.0 Å². The van der Waals surface area contributed by atoms with Crippen LogP contribution in [0.3, 0.4) is 0 Å². The third-order valence-corrected chi connectivity index (χ3v) is 6.07. The number of pyridine rings is 2. The van der Waals surface area contributed by atoms with E-state index in [1.807, 2.05) is 82.9 Å².